The van der Waals surface area contributed by atoms with Crippen LogP contribution < -0.4 is 5.32 Å². The van der Waals surface area contributed by atoms with Crippen molar-refractivity contribution in [3.05, 3.63) is 54.1 Å². The number of carbonyl (C=O) groups is 1. The summed E-state index contributed by atoms with van der Waals surface area (Å²) in [6, 6.07) is 8.37. The summed E-state index contributed by atoms with van der Waals surface area (Å²) in [6.45, 7) is 2.36. The summed E-state index contributed by atoms with van der Waals surface area (Å²) in [5.41, 5.74) is 0.964. The highest BCUT2D eigenvalue weighted by Crippen LogP contribution is 2.20. The van der Waals surface area contributed by atoms with Crippen molar-refractivity contribution in [2.45, 2.75) is 19.4 Å². The highest BCUT2D eigenvalue weighted by molar-refractivity contribution is 5.90. The second-order valence-corrected chi connectivity index (χ2v) is 5.74. The molecule has 1 saturated heterocycles. The Morgan fingerprint density at radius 2 is 1.96 bits per heavy atom. The number of halogens is 1. The summed E-state index contributed by atoms with van der Waals surface area (Å²) in [5, 5.41) is 2.75. The number of hydrogen-bond acceptors (Lipinski definition) is 4. The molecular weight excluding hydrogens is 295 g/mol. The van der Waals surface area contributed by atoms with E-state index in [0.29, 0.717) is 12.5 Å². The average Bonchev–Trinajstić information content (AvgIpc) is 2.56. The second kappa shape index (κ2) is 7.28. The number of aromatic nitrogens is 2. The van der Waals surface area contributed by atoms with Gasteiger partial charge in [-0.2, -0.15) is 0 Å². The van der Waals surface area contributed by atoms with Gasteiger partial charge in [-0.15, -0.1) is 0 Å². The number of nitrogens with zero attached hydrogens (tertiary/aromatic N) is 3. The molecule has 2 aromatic rings. The lowest BCUT2D eigenvalue weighted by molar-refractivity contribution is -0.121. The molecule has 3 rings (SSSR count). The molecule has 0 bridgehead atoms. The van der Waals surface area contributed by atoms with Crippen LogP contribution in [0.2, 0.25) is 0 Å². The van der Waals surface area contributed by atoms with Gasteiger partial charge in [-0.1, -0.05) is 12.1 Å². The lowest BCUT2D eigenvalue weighted by atomic mass is 9.95. The quantitative estimate of drug-likeness (QED) is 0.942. The minimum absolute atomic E-state index is 0.0254. The van der Waals surface area contributed by atoms with Crippen molar-refractivity contribution in [1.82, 2.24) is 14.9 Å². The summed E-state index contributed by atoms with van der Waals surface area (Å²) in [6.07, 6.45) is 4.77. The first kappa shape index (κ1) is 15.6. The number of nitrogens with one attached hydrogen (secondary N) is 1. The van der Waals surface area contributed by atoms with Crippen LogP contribution in [-0.2, 0) is 11.3 Å². The van der Waals surface area contributed by atoms with Crippen molar-refractivity contribution in [2.24, 2.45) is 5.92 Å². The molecule has 1 N–H and O–H groups in total. The van der Waals surface area contributed by atoms with E-state index in [1.54, 1.807) is 30.6 Å². The van der Waals surface area contributed by atoms with E-state index in [1.807, 2.05) is 6.07 Å². The predicted octanol–water partition coefficient (Wildman–Crippen LogP) is 2.47. The second-order valence-electron chi connectivity index (χ2n) is 5.74. The lowest BCUT2D eigenvalue weighted by Crippen LogP contribution is -2.38. The van der Waals surface area contributed by atoms with E-state index in [4.69, 9.17) is 0 Å². The van der Waals surface area contributed by atoms with Crippen LogP contribution in [0.15, 0.2) is 42.7 Å². The van der Waals surface area contributed by atoms with E-state index >= 15 is 0 Å². The van der Waals surface area contributed by atoms with Crippen molar-refractivity contribution in [2.75, 3.05) is 18.4 Å². The maximum absolute atomic E-state index is 13.2. The van der Waals surface area contributed by atoms with E-state index in [1.165, 1.54) is 6.07 Å². The third-order valence-corrected chi connectivity index (χ3v) is 4.05. The van der Waals surface area contributed by atoms with Gasteiger partial charge in [0.25, 0.3) is 0 Å². The Kier molecular flexibility index (Phi) is 4.92. The molecule has 0 spiro atoms. The van der Waals surface area contributed by atoms with E-state index in [9.17, 15) is 9.18 Å². The van der Waals surface area contributed by atoms with Crippen LogP contribution in [0, 0.1) is 11.7 Å². The van der Waals surface area contributed by atoms with E-state index in [-0.39, 0.29) is 17.6 Å². The summed E-state index contributed by atoms with van der Waals surface area (Å²) in [5.74, 6) is 0.0866. The number of amides is 1. The molecule has 0 saturated carbocycles. The van der Waals surface area contributed by atoms with Gasteiger partial charge in [-0.25, -0.2) is 14.4 Å². The Balaban J connectivity index is 1.49. The van der Waals surface area contributed by atoms with Crippen LogP contribution in [-0.4, -0.2) is 33.9 Å². The fourth-order valence-corrected chi connectivity index (χ4v) is 2.82. The third kappa shape index (κ3) is 4.32. The molecule has 1 aromatic heterocycles. The maximum atomic E-state index is 13.2. The molecule has 0 atom stereocenters. The van der Waals surface area contributed by atoms with Crippen LogP contribution in [0.3, 0.4) is 0 Å². The number of piperidine rings is 1. The zero-order valence-electron chi connectivity index (χ0n) is 12.8. The molecule has 120 valence electrons. The van der Waals surface area contributed by atoms with Gasteiger partial charge in [0.15, 0.2) is 0 Å². The largest absolute Gasteiger partial charge is 0.299 e. The summed E-state index contributed by atoms with van der Waals surface area (Å²) < 4.78 is 13.2. The molecule has 5 nitrogen and oxygen atoms in total. The van der Waals surface area contributed by atoms with Crippen LogP contribution in [0.5, 0.6) is 0 Å². The monoisotopic (exact) mass is 314 g/mol. The Morgan fingerprint density at radius 1 is 1.22 bits per heavy atom. The van der Waals surface area contributed by atoms with Gasteiger partial charge in [-0.3, -0.25) is 15.0 Å². The summed E-state index contributed by atoms with van der Waals surface area (Å²) >= 11 is 0. The first-order valence-electron chi connectivity index (χ1n) is 7.75. The Labute approximate surface area is 134 Å². The van der Waals surface area contributed by atoms with Crippen LogP contribution >= 0.6 is 0 Å². The first-order valence-corrected chi connectivity index (χ1v) is 7.75. The highest BCUT2D eigenvalue weighted by atomic mass is 19.1. The van der Waals surface area contributed by atoms with Gasteiger partial charge in [0, 0.05) is 24.9 Å². The molecule has 1 fully saturated rings. The number of anilines is 1. The Hall–Kier alpha value is -2.34. The molecule has 1 aliphatic rings. The van der Waals surface area contributed by atoms with Crippen molar-refractivity contribution < 1.29 is 9.18 Å². The molecule has 0 radical (unpaired) electrons. The summed E-state index contributed by atoms with van der Waals surface area (Å²) in [7, 11) is 0. The minimum Gasteiger partial charge on any atom is -0.299 e. The number of carbonyl (C=O) groups excluding carboxylic acids is 1. The van der Waals surface area contributed by atoms with E-state index in [0.717, 1.165) is 31.5 Å². The predicted molar refractivity (Wildman–Crippen MR) is 85.1 cm³/mol. The zero-order chi connectivity index (χ0) is 16.1. The van der Waals surface area contributed by atoms with Gasteiger partial charge < -0.3 is 0 Å². The van der Waals surface area contributed by atoms with Gasteiger partial charge in [-0.05, 0) is 49.7 Å². The van der Waals surface area contributed by atoms with Crippen LogP contribution in [0.4, 0.5) is 10.3 Å². The first-order chi connectivity index (χ1) is 11.2. The van der Waals surface area contributed by atoms with Gasteiger partial charge in [0.2, 0.25) is 11.9 Å². The van der Waals surface area contributed by atoms with Gasteiger partial charge in [0.05, 0.1) is 0 Å². The molecule has 1 aromatic carbocycles. The van der Waals surface area contributed by atoms with Crippen LogP contribution in [0.1, 0.15) is 18.4 Å². The normalized spacial score (nSPS) is 16.2. The average molecular weight is 314 g/mol. The molecule has 1 aliphatic heterocycles. The zero-order valence-corrected chi connectivity index (χ0v) is 12.8. The van der Waals surface area contributed by atoms with Crippen molar-refractivity contribution in [3.8, 4) is 0 Å². The Bertz CT molecular complexity index is 657. The molecule has 6 heteroatoms. The molecule has 1 amide bonds. The minimum atomic E-state index is -0.209. The van der Waals surface area contributed by atoms with Gasteiger partial charge in [0.1, 0.15) is 5.82 Å². The van der Waals surface area contributed by atoms with Crippen molar-refractivity contribution in [3.63, 3.8) is 0 Å². The molecule has 0 aliphatic carbocycles. The molecule has 0 unspecified atom stereocenters. The Morgan fingerprint density at radius 3 is 2.65 bits per heavy atom. The third-order valence-electron chi connectivity index (χ3n) is 4.05. The fraction of sp³-hybridized carbons (Fsp3) is 0.353. The number of benzene rings is 1. The van der Waals surface area contributed by atoms with E-state index < -0.39 is 0 Å². The van der Waals surface area contributed by atoms with E-state index in [2.05, 4.69) is 20.2 Å². The van der Waals surface area contributed by atoms with Crippen molar-refractivity contribution in [1.29, 1.82) is 0 Å². The lowest BCUT2D eigenvalue weighted by Gasteiger charge is -2.31. The molecule has 23 heavy (non-hydrogen) atoms. The number of hydrogen-bond donors (Lipinski definition) is 1. The smallest absolute Gasteiger partial charge is 0.229 e. The van der Waals surface area contributed by atoms with Gasteiger partial charge >= 0.3 is 0 Å². The highest BCUT2D eigenvalue weighted by Gasteiger charge is 2.25. The van der Waals surface area contributed by atoms with Crippen molar-refractivity contribution >= 4 is 11.9 Å². The maximum Gasteiger partial charge on any atom is 0.229 e. The summed E-state index contributed by atoms with van der Waals surface area (Å²) in [4.78, 5) is 22.5. The molecular formula is C17H19FN4O. The molecule has 2 heterocycles. The topological polar surface area (TPSA) is 58.1 Å². The van der Waals surface area contributed by atoms with Crippen LogP contribution in [0.25, 0.3) is 0 Å². The SMILES string of the molecule is O=C(Nc1ncccn1)C1CCN(Cc2cccc(F)c2)CC1. The number of likely N-dealkylation sites (tertiary alicyclic amines) is 1. The number of rotatable bonds is 4. The fourth-order valence-electron chi connectivity index (χ4n) is 2.82. The standard InChI is InChI=1S/C17H19FN4O/c18-15-4-1-3-13(11-15)12-22-9-5-14(6-10-22)16(23)21-17-19-7-2-8-20-17/h1-4,7-8,11,14H,5-6,9-10,12H2,(H,19,20,21,23).